The van der Waals surface area contributed by atoms with Crippen LogP contribution in [0.3, 0.4) is 0 Å². The maximum Gasteiger partial charge on any atom is 0.259 e. The van der Waals surface area contributed by atoms with Crippen molar-refractivity contribution >= 4 is 62.8 Å². The summed E-state index contributed by atoms with van der Waals surface area (Å²) in [6.45, 7) is 5.24. The SMILES string of the molecule is Clc1ccc2nc(NC[C@@H]3CCNC3)cnc2c1.O=C(c1cnoc1-c1ccccc1)N1CC[C@@H](CNc2cnc3cc(Cl)ccc3n2)C1. The van der Waals surface area contributed by atoms with Gasteiger partial charge >= 0.3 is 0 Å². The van der Waals surface area contributed by atoms with Gasteiger partial charge in [-0.25, -0.2) is 9.97 Å². The largest absolute Gasteiger partial charge is 0.368 e. The zero-order valence-electron chi connectivity index (χ0n) is 26.7. The van der Waals surface area contributed by atoms with Gasteiger partial charge in [0, 0.05) is 41.8 Å². The first-order chi connectivity index (χ1) is 24.0. The summed E-state index contributed by atoms with van der Waals surface area (Å²) in [6.07, 6.45) is 7.12. The van der Waals surface area contributed by atoms with Gasteiger partial charge < -0.3 is 25.4 Å². The Morgan fingerprint density at radius 2 is 1.47 bits per heavy atom. The van der Waals surface area contributed by atoms with E-state index < -0.39 is 0 Å². The molecule has 3 N–H and O–H groups in total. The minimum atomic E-state index is -0.0509. The molecule has 0 unspecified atom stereocenters. The van der Waals surface area contributed by atoms with Crippen LogP contribution in [0.1, 0.15) is 23.2 Å². The lowest BCUT2D eigenvalue weighted by atomic mass is 10.1. The van der Waals surface area contributed by atoms with Crippen molar-refractivity contribution in [2.24, 2.45) is 11.8 Å². The Labute approximate surface area is 293 Å². The predicted octanol–water partition coefficient (Wildman–Crippen LogP) is 6.82. The first-order valence-electron chi connectivity index (χ1n) is 16.3. The van der Waals surface area contributed by atoms with Crippen LogP contribution >= 0.6 is 23.2 Å². The highest BCUT2D eigenvalue weighted by atomic mass is 35.5. The van der Waals surface area contributed by atoms with Gasteiger partial charge in [-0.3, -0.25) is 14.8 Å². The van der Waals surface area contributed by atoms with Crippen LogP contribution in [-0.2, 0) is 0 Å². The number of benzene rings is 3. The van der Waals surface area contributed by atoms with Crippen molar-refractivity contribution in [2.75, 3.05) is 49.9 Å². The molecular formula is C36H35Cl2N9O2. The van der Waals surface area contributed by atoms with Crippen molar-refractivity contribution in [3.63, 3.8) is 0 Å². The predicted molar refractivity (Wildman–Crippen MR) is 193 cm³/mol. The van der Waals surface area contributed by atoms with Crippen LogP contribution in [0.25, 0.3) is 33.4 Å². The fourth-order valence-corrected chi connectivity index (χ4v) is 6.40. The van der Waals surface area contributed by atoms with E-state index in [1.54, 1.807) is 24.5 Å². The summed E-state index contributed by atoms with van der Waals surface area (Å²) in [5.74, 6) is 3.02. The number of nitrogens with zero attached hydrogens (tertiary/aromatic N) is 6. The Bertz CT molecular complexity index is 2050. The van der Waals surface area contributed by atoms with Crippen LogP contribution in [-0.4, -0.2) is 75.2 Å². The molecule has 1 amide bonds. The van der Waals surface area contributed by atoms with Crippen LogP contribution in [0.5, 0.6) is 0 Å². The number of rotatable bonds is 8. The molecule has 11 nitrogen and oxygen atoms in total. The summed E-state index contributed by atoms with van der Waals surface area (Å²) in [7, 11) is 0. The number of aromatic nitrogens is 5. The molecule has 3 aromatic carbocycles. The zero-order chi connectivity index (χ0) is 33.6. The summed E-state index contributed by atoms with van der Waals surface area (Å²) >= 11 is 11.9. The van der Waals surface area contributed by atoms with Crippen LogP contribution in [0, 0.1) is 11.8 Å². The van der Waals surface area contributed by atoms with E-state index in [-0.39, 0.29) is 5.91 Å². The van der Waals surface area contributed by atoms with Gasteiger partial charge in [0.2, 0.25) is 0 Å². The summed E-state index contributed by atoms with van der Waals surface area (Å²) in [6, 6.07) is 20.6. The summed E-state index contributed by atoms with van der Waals surface area (Å²) in [5.41, 5.74) is 4.59. The monoisotopic (exact) mass is 695 g/mol. The van der Waals surface area contributed by atoms with E-state index in [1.165, 1.54) is 12.6 Å². The third-order valence-corrected chi connectivity index (χ3v) is 9.19. The highest BCUT2D eigenvalue weighted by Gasteiger charge is 2.30. The molecule has 0 radical (unpaired) electrons. The van der Waals surface area contributed by atoms with Gasteiger partial charge in [0.05, 0.1) is 40.7 Å². The Balaban J connectivity index is 0.000000178. The van der Waals surface area contributed by atoms with Crippen molar-refractivity contribution < 1.29 is 9.32 Å². The first-order valence-corrected chi connectivity index (χ1v) is 17.1. The molecule has 2 fully saturated rings. The van der Waals surface area contributed by atoms with Crippen molar-refractivity contribution in [3.8, 4) is 11.3 Å². The second-order valence-electron chi connectivity index (χ2n) is 12.2. The number of anilines is 2. The Morgan fingerprint density at radius 3 is 2.10 bits per heavy atom. The molecular weight excluding hydrogens is 661 g/mol. The highest BCUT2D eigenvalue weighted by molar-refractivity contribution is 6.31. The number of halogens is 2. The van der Waals surface area contributed by atoms with E-state index >= 15 is 0 Å². The maximum absolute atomic E-state index is 13.1. The van der Waals surface area contributed by atoms with Crippen LogP contribution < -0.4 is 16.0 Å². The minimum Gasteiger partial charge on any atom is -0.368 e. The van der Waals surface area contributed by atoms with Crippen molar-refractivity contribution in [3.05, 3.63) is 101 Å². The standard InChI is InChI=1S/C23H20ClN5O2.C13H15ClN4/c24-17-6-7-19-20(10-17)25-13-21(28-19)26-11-15-8-9-29(14-15)23(30)18-12-27-31-22(18)16-4-2-1-3-5-16;14-10-1-2-11-12(5-10)16-8-13(18-11)17-7-9-3-4-15-6-9/h1-7,10,12-13,15H,8-9,11,14H2,(H,26,28);1-2,5,8-9,15H,3-4,6-7H2,(H,17,18)/t15-;9-/m01/s1. The smallest absolute Gasteiger partial charge is 0.259 e. The number of carbonyl (C=O) groups excluding carboxylic acids is 1. The third kappa shape index (κ3) is 8.07. The lowest BCUT2D eigenvalue weighted by Crippen LogP contribution is -2.29. The van der Waals surface area contributed by atoms with Gasteiger partial charge in [-0.05, 0) is 74.2 Å². The fourth-order valence-electron chi connectivity index (χ4n) is 6.07. The second-order valence-corrected chi connectivity index (χ2v) is 13.1. The molecule has 2 atom stereocenters. The summed E-state index contributed by atoms with van der Waals surface area (Å²) in [5, 5.41) is 15.2. The molecule has 2 aliphatic rings. The number of hydrogen-bond acceptors (Lipinski definition) is 10. The maximum atomic E-state index is 13.1. The van der Waals surface area contributed by atoms with Crippen molar-refractivity contribution in [1.82, 2.24) is 35.3 Å². The van der Waals surface area contributed by atoms with Gasteiger partial charge in [0.15, 0.2) is 5.76 Å². The van der Waals surface area contributed by atoms with Gasteiger partial charge in [0.25, 0.3) is 5.91 Å². The minimum absolute atomic E-state index is 0.0509. The molecule has 2 saturated heterocycles. The lowest BCUT2D eigenvalue weighted by Gasteiger charge is -2.16. The number of amides is 1. The normalized spacial score (nSPS) is 17.2. The molecule has 5 heterocycles. The lowest BCUT2D eigenvalue weighted by molar-refractivity contribution is 0.0788. The average Bonchev–Trinajstić information content (AvgIpc) is 3.93. The Kier molecular flexibility index (Phi) is 10.1. The third-order valence-electron chi connectivity index (χ3n) is 8.72. The molecule has 49 heavy (non-hydrogen) atoms. The number of carbonyl (C=O) groups is 1. The first kappa shape index (κ1) is 32.7. The molecule has 3 aromatic heterocycles. The highest BCUT2D eigenvalue weighted by Crippen LogP contribution is 2.27. The van der Waals surface area contributed by atoms with E-state index in [1.807, 2.05) is 59.5 Å². The average molecular weight is 697 g/mol. The summed E-state index contributed by atoms with van der Waals surface area (Å²) in [4.78, 5) is 32.8. The number of fused-ring (bicyclic) bond motifs is 2. The van der Waals surface area contributed by atoms with Gasteiger partial charge in [-0.1, -0.05) is 58.7 Å². The second kappa shape index (κ2) is 15.1. The van der Waals surface area contributed by atoms with E-state index in [0.29, 0.717) is 58.7 Å². The van der Waals surface area contributed by atoms with Gasteiger partial charge in [-0.2, -0.15) is 0 Å². The fraction of sp³-hybridized carbons (Fsp3) is 0.278. The molecule has 0 aliphatic carbocycles. The topological polar surface area (TPSA) is 134 Å². The van der Waals surface area contributed by atoms with E-state index in [4.69, 9.17) is 27.7 Å². The Morgan fingerprint density at radius 1 is 0.816 bits per heavy atom. The van der Waals surface area contributed by atoms with Gasteiger partial charge in [0.1, 0.15) is 17.2 Å². The number of nitrogens with one attached hydrogen (secondary N) is 3. The van der Waals surface area contributed by atoms with E-state index in [0.717, 1.165) is 59.5 Å². The number of hydrogen-bond donors (Lipinski definition) is 3. The zero-order valence-corrected chi connectivity index (χ0v) is 28.2. The summed E-state index contributed by atoms with van der Waals surface area (Å²) < 4.78 is 5.37. The van der Waals surface area contributed by atoms with Crippen LogP contribution in [0.15, 0.2) is 89.8 Å². The Hall–Kier alpha value is -4.84. The van der Waals surface area contributed by atoms with Gasteiger partial charge in [-0.15, -0.1) is 0 Å². The van der Waals surface area contributed by atoms with Crippen LogP contribution in [0.4, 0.5) is 11.6 Å². The van der Waals surface area contributed by atoms with E-state index in [9.17, 15) is 4.79 Å². The molecule has 2 aliphatic heterocycles. The van der Waals surface area contributed by atoms with Crippen molar-refractivity contribution in [1.29, 1.82) is 0 Å². The quantitative estimate of drug-likeness (QED) is 0.156. The molecule has 250 valence electrons. The molecule has 8 rings (SSSR count). The molecule has 0 spiro atoms. The molecule has 0 saturated carbocycles. The van der Waals surface area contributed by atoms with Crippen molar-refractivity contribution in [2.45, 2.75) is 12.8 Å². The molecule has 6 aromatic rings. The molecule has 13 heteroatoms. The van der Waals surface area contributed by atoms with E-state index in [2.05, 4.69) is 41.0 Å². The molecule has 0 bridgehead atoms. The van der Waals surface area contributed by atoms with Crippen LogP contribution in [0.2, 0.25) is 10.0 Å². The number of likely N-dealkylation sites (tertiary alicyclic amines) is 1.